The number of amides is 3. The largest absolute Gasteiger partial charge is 0.445 e. The molecule has 1 aromatic carbocycles. The van der Waals surface area contributed by atoms with Gasteiger partial charge in [0.25, 0.3) is 5.91 Å². The Morgan fingerprint density at radius 1 is 1.31 bits per heavy atom. The number of nitrogens with zero attached hydrogens (tertiary/aromatic N) is 3. The van der Waals surface area contributed by atoms with E-state index in [0.29, 0.717) is 31.1 Å². The number of hydrogen-bond donors (Lipinski definition) is 4. The lowest BCUT2D eigenvalue weighted by Gasteiger charge is -2.32. The molecule has 1 atom stereocenters. The fourth-order valence-electron chi connectivity index (χ4n) is 3.97. The van der Waals surface area contributed by atoms with Crippen LogP contribution in [0.25, 0.3) is 0 Å². The number of benzene rings is 1. The average Bonchev–Trinajstić information content (AvgIpc) is 2.96. The van der Waals surface area contributed by atoms with Crippen molar-refractivity contribution in [2.24, 2.45) is 11.5 Å². The smallest absolute Gasteiger partial charge is 0.404 e. The first-order valence-electron chi connectivity index (χ1n) is 10.3. The normalized spacial score (nSPS) is 19.1. The van der Waals surface area contributed by atoms with E-state index in [9.17, 15) is 14.4 Å². The second-order valence-electron chi connectivity index (χ2n) is 8.41. The molecule has 4 rings (SSSR count). The van der Waals surface area contributed by atoms with Crippen molar-refractivity contribution in [2.45, 2.75) is 38.2 Å². The van der Waals surface area contributed by atoms with Gasteiger partial charge in [0.1, 0.15) is 17.5 Å². The highest BCUT2D eigenvalue weighted by Crippen LogP contribution is 2.39. The summed E-state index contributed by atoms with van der Waals surface area (Å²) in [6.07, 6.45) is 1.65. The highest BCUT2D eigenvalue weighted by molar-refractivity contribution is 6.06. The zero-order chi connectivity index (χ0) is 23.0. The number of fused-ring (bicyclic) bond motifs is 1. The van der Waals surface area contributed by atoms with E-state index >= 15 is 0 Å². The molecule has 1 fully saturated rings. The molecular formula is C21H25N7O4. The molecule has 0 bridgehead atoms. The number of rotatable bonds is 5. The number of hydrogen-bond acceptors (Lipinski definition) is 8. The lowest BCUT2D eigenvalue weighted by molar-refractivity contribution is -0.119. The van der Waals surface area contributed by atoms with Crippen molar-refractivity contribution in [3.05, 3.63) is 35.5 Å². The minimum absolute atomic E-state index is 0.0790. The average molecular weight is 439 g/mol. The Balaban J connectivity index is 1.63. The lowest BCUT2D eigenvalue weighted by Crippen LogP contribution is -2.42. The van der Waals surface area contributed by atoms with E-state index in [1.165, 1.54) is 6.20 Å². The highest BCUT2D eigenvalue weighted by atomic mass is 16.6. The monoisotopic (exact) mass is 439 g/mol. The van der Waals surface area contributed by atoms with Gasteiger partial charge < -0.3 is 31.7 Å². The highest BCUT2D eigenvalue weighted by Gasteiger charge is 2.38. The molecule has 1 aromatic heterocycles. The molecule has 3 heterocycles. The molecule has 3 amide bonds. The fourth-order valence-corrected chi connectivity index (χ4v) is 3.97. The number of ether oxygens (including phenoxy) is 1. The van der Waals surface area contributed by atoms with Crippen LogP contribution in [0.3, 0.4) is 0 Å². The molecule has 11 heteroatoms. The molecule has 2 aliphatic rings. The van der Waals surface area contributed by atoms with Crippen molar-refractivity contribution in [2.75, 3.05) is 28.6 Å². The molecule has 1 saturated heterocycles. The molecule has 0 saturated carbocycles. The van der Waals surface area contributed by atoms with Crippen molar-refractivity contribution in [1.82, 2.24) is 9.97 Å². The van der Waals surface area contributed by atoms with E-state index < -0.39 is 17.4 Å². The van der Waals surface area contributed by atoms with Gasteiger partial charge in [-0.25, -0.2) is 9.78 Å². The van der Waals surface area contributed by atoms with Gasteiger partial charge in [-0.15, -0.1) is 0 Å². The van der Waals surface area contributed by atoms with Gasteiger partial charge in [0.05, 0.1) is 12.0 Å². The lowest BCUT2D eigenvalue weighted by atomic mass is 9.86. The van der Waals surface area contributed by atoms with Crippen molar-refractivity contribution >= 4 is 41.0 Å². The maximum Gasteiger partial charge on any atom is 0.404 e. The zero-order valence-corrected chi connectivity index (χ0v) is 17.8. The van der Waals surface area contributed by atoms with E-state index in [0.717, 1.165) is 17.7 Å². The Labute approximate surface area is 184 Å². The number of primary amides is 2. The Bertz CT molecular complexity index is 1100. The summed E-state index contributed by atoms with van der Waals surface area (Å²) in [7, 11) is 0. The zero-order valence-electron chi connectivity index (χ0n) is 17.8. The van der Waals surface area contributed by atoms with Crippen LogP contribution >= 0.6 is 0 Å². The predicted molar refractivity (Wildman–Crippen MR) is 118 cm³/mol. The molecular weight excluding hydrogens is 414 g/mol. The van der Waals surface area contributed by atoms with Crippen LogP contribution in [-0.4, -0.2) is 47.1 Å². The Hall–Kier alpha value is -3.89. The maximum absolute atomic E-state index is 12.2. The second kappa shape index (κ2) is 7.98. The van der Waals surface area contributed by atoms with Crippen LogP contribution in [0, 0.1) is 0 Å². The number of piperidine rings is 1. The summed E-state index contributed by atoms with van der Waals surface area (Å²) in [5.74, 6) is -0.139. The van der Waals surface area contributed by atoms with Crippen LogP contribution in [0.5, 0.6) is 0 Å². The number of nitrogens with two attached hydrogens (primary N) is 2. The minimum atomic E-state index is -0.822. The van der Waals surface area contributed by atoms with Crippen LogP contribution in [0.1, 0.15) is 42.6 Å². The first kappa shape index (κ1) is 21.3. The van der Waals surface area contributed by atoms with Crippen molar-refractivity contribution < 1.29 is 19.1 Å². The Kier molecular flexibility index (Phi) is 5.33. The molecule has 2 aliphatic heterocycles. The SMILES string of the molecule is CC1(C)C(=O)Nc2ccc(Nc3nc(N4CCCC(OC(N)=O)C4)ncc3C(N)=O)cc21. The van der Waals surface area contributed by atoms with E-state index in [-0.39, 0.29) is 23.4 Å². The third kappa shape index (κ3) is 4.01. The molecule has 6 N–H and O–H groups in total. The van der Waals surface area contributed by atoms with Crippen molar-refractivity contribution in [3.63, 3.8) is 0 Å². The summed E-state index contributed by atoms with van der Waals surface area (Å²) in [6.45, 7) is 4.74. The number of carbonyl (C=O) groups excluding carboxylic acids is 3. The molecule has 168 valence electrons. The maximum atomic E-state index is 12.2. The number of anilines is 4. The first-order chi connectivity index (χ1) is 15.1. The number of aromatic nitrogens is 2. The first-order valence-corrected chi connectivity index (χ1v) is 10.3. The van der Waals surface area contributed by atoms with Crippen molar-refractivity contribution in [1.29, 1.82) is 0 Å². The molecule has 11 nitrogen and oxygen atoms in total. The van der Waals surface area contributed by atoms with Crippen LogP contribution in [-0.2, 0) is 14.9 Å². The summed E-state index contributed by atoms with van der Waals surface area (Å²) >= 11 is 0. The van der Waals surface area contributed by atoms with Crippen LogP contribution in [0.2, 0.25) is 0 Å². The molecule has 0 spiro atoms. The summed E-state index contributed by atoms with van der Waals surface area (Å²) in [6, 6.07) is 5.43. The van der Waals surface area contributed by atoms with Gasteiger partial charge >= 0.3 is 6.09 Å². The summed E-state index contributed by atoms with van der Waals surface area (Å²) < 4.78 is 5.12. The fraction of sp³-hybridized carbons (Fsp3) is 0.381. The molecule has 2 aromatic rings. The Morgan fingerprint density at radius 3 is 2.81 bits per heavy atom. The topological polar surface area (TPSA) is 166 Å². The number of carbonyl (C=O) groups is 3. The third-order valence-corrected chi connectivity index (χ3v) is 5.76. The number of nitrogens with one attached hydrogen (secondary N) is 2. The summed E-state index contributed by atoms with van der Waals surface area (Å²) in [4.78, 5) is 45.9. The van der Waals surface area contributed by atoms with Gasteiger partial charge in [0, 0.05) is 24.1 Å². The molecule has 1 unspecified atom stereocenters. The van der Waals surface area contributed by atoms with Crippen LogP contribution < -0.4 is 27.0 Å². The Morgan fingerprint density at radius 2 is 2.09 bits per heavy atom. The van der Waals surface area contributed by atoms with Gasteiger partial charge in [0.15, 0.2) is 0 Å². The predicted octanol–water partition coefficient (Wildman–Crippen LogP) is 1.61. The van der Waals surface area contributed by atoms with E-state index in [2.05, 4.69) is 20.6 Å². The van der Waals surface area contributed by atoms with Gasteiger partial charge in [-0.3, -0.25) is 9.59 Å². The molecule has 0 radical (unpaired) electrons. The molecule has 0 aliphatic carbocycles. The van der Waals surface area contributed by atoms with Crippen LogP contribution in [0.15, 0.2) is 24.4 Å². The summed E-state index contributed by atoms with van der Waals surface area (Å²) in [5.41, 5.74) is 12.3. The van der Waals surface area contributed by atoms with Gasteiger partial charge in [-0.1, -0.05) is 0 Å². The standard InChI is InChI=1S/C21H25N7O4/c1-21(2)14-8-11(5-6-15(14)26-18(21)30)25-17-13(16(22)29)9-24-20(27-17)28-7-3-4-12(10-28)32-19(23)31/h5-6,8-9,12H,3-4,7,10H2,1-2H3,(H2,22,29)(H2,23,31)(H,26,30)(H,24,25,27). The second-order valence-corrected chi connectivity index (χ2v) is 8.41. The van der Waals surface area contributed by atoms with E-state index in [1.54, 1.807) is 12.1 Å². The van der Waals surface area contributed by atoms with Gasteiger partial charge in [-0.05, 0) is 50.5 Å². The summed E-state index contributed by atoms with van der Waals surface area (Å²) in [5, 5.41) is 6.00. The molecule has 32 heavy (non-hydrogen) atoms. The quantitative estimate of drug-likeness (QED) is 0.545. The van der Waals surface area contributed by atoms with Gasteiger partial charge in [-0.2, -0.15) is 4.98 Å². The van der Waals surface area contributed by atoms with E-state index in [1.807, 2.05) is 24.8 Å². The van der Waals surface area contributed by atoms with E-state index in [4.69, 9.17) is 16.2 Å². The van der Waals surface area contributed by atoms with Crippen molar-refractivity contribution in [3.8, 4) is 0 Å². The van der Waals surface area contributed by atoms with Gasteiger partial charge in [0.2, 0.25) is 11.9 Å². The van der Waals surface area contributed by atoms with Crippen LogP contribution in [0.4, 0.5) is 27.9 Å². The third-order valence-electron chi connectivity index (χ3n) is 5.76. The minimum Gasteiger partial charge on any atom is -0.445 e.